The molecule has 2 N–H and O–H groups in total. The minimum absolute atomic E-state index is 0.179. The van der Waals surface area contributed by atoms with Crippen molar-refractivity contribution < 1.29 is 33.0 Å². The van der Waals surface area contributed by atoms with Crippen molar-refractivity contribution >= 4 is 11.9 Å². The van der Waals surface area contributed by atoms with E-state index in [1.807, 2.05) is 0 Å². The van der Waals surface area contributed by atoms with Crippen LogP contribution in [0.3, 0.4) is 0 Å². The van der Waals surface area contributed by atoms with E-state index in [9.17, 15) is 27.9 Å². The van der Waals surface area contributed by atoms with Crippen molar-refractivity contribution in [2.75, 3.05) is 0 Å². The Bertz CT molecular complexity index is 1170. The number of carbonyl (C=O) groups excluding carboxylic acids is 1. The van der Waals surface area contributed by atoms with Crippen molar-refractivity contribution in [3.63, 3.8) is 0 Å². The summed E-state index contributed by atoms with van der Waals surface area (Å²) in [7, 11) is 0. The molecule has 3 rings (SSSR count). The summed E-state index contributed by atoms with van der Waals surface area (Å²) in [5.74, 6) is -2.31. The molecule has 35 heavy (non-hydrogen) atoms. The third kappa shape index (κ3) is 7.13. The lowest BCUT2D eigenvalue weighted by Crippen LogP contribution is -2.42. The molecule has 1 unspecified atom stereocenters. The van der Waals surface area contributed by atoms with Crippen LogP contribution in [0.15, 0.2) is 66.7 Å². The molecule has 9 heteroatoms. The van der Waals surface area contributed by atoms with Crippen LogP contribution in [-0.2, 0) is 13.0 Å². The molecule has 0 aliphatic carbocycles. The Kier molecular flexibility index (Phi) is 8.24. The van der Waals surface area contributed by atoms with Crippen LogP contribution in [0.25, 0.3) is 0 Å². The molecular weight excluding hydrogens is 461 g/mol. The Balaban J connectivity index is 1.71. The van der Waals surface area contributed by atoms with E-state index in [1.165, 1.54) is 36.4 Å². The molecule has 1 atom stereocenters. The number of aliphatic hydroxyl groups is 1. The van der Waals surface area contributed by atoms with Crippen LogP contribution in [0, 0.1) is 6.92 Å². The molecule has 1 amide bonds. The van der Waals surface area contributed by atoms with E-state index < -0.39 is 36.5 Å². The smallest absolute Gasteiger partial charge is 0.478 e. The van der Waals surface area contributed by atoms with Crippen LogP contribution in [0.1, 0.15) is 62.2 Å². The van der Waals surface area contributed by atoms with Gasteiger partial charge in [-0.25, -0.2) is 14.7 Å². The average Bonchev–Trinajstić information content (AvgIpc) is 2.82. The van der Waals surface area contributed by atoms with Gasteiger partial charge in [0.15, 0.2) is 0 Å². The summed E-state index contributed by atoms with van der Waals surface area (Å²) in [6, 6.07) is 17.0. The Morgan fingerprint density at radius 2 is 1.66 bits per heavy atom. The van der Waals surface area contributed by atoms with Crippen LogP contribution in [0.2, 0.25) is 0 Å². The van der Waals surface area contributed by atoms with Crippen LogP contribution < -0.4 is 0 Å². The van der Waals surface area contributed by atoms with Gasteiger partial charge in [-0.1, -0.05) is 42.5 Å². The fourth-order valence-corrected chi connectivity index (χ4v) is 3.66. The van der Waals surface area contributed by atoms with Crippen LogP contribution in [-0.4, -0.2) is 38.3 Å². The van der Waals surface area contributed by atoms with Crippen molar-refractivity contribution in [3.05, 3.63) is 100 Å². The number of aromatic nitrogens is 1. The number of aromatic carboxylic acids is 1. The Morgan fingerprint density at radius 1 is 1.00 bits per heavy atom. The molecule has 2 aromatic carbocycles. The Hall–Kier alpha value is -3.72. The molecule has 6 nitrogen and oxygen atoms in total. The lowest BCUT2D eigenvalue weighted by molar-refractivity contribution is -0.228. The fourth-order valence-electron chi connectivity index (χ4n) is 3.66. The third-order valence-corrected chi connectivity index (χ3v) is 5.46. The van der Waals surface area contributed by atoms with Crippen molar-refractivity contribution in [2.45, 2.75) is 45.1 Å². The number of benzene rings is 2. The maximum atomic E-state index is 13.7. The number of aryl methyl sites for hydroxylation is 2. The molecule has 0 bridgehead atoms. The highest BCUT2D eigenvalue weighted by Gasteiger charge is 2.42. The van der Waals surface area contributed by atoms with Crippen molar-refractivity contribution in [3.8, 4) is 0 Å². The quantitative estimate of drug-likeness (QED) is 0.400. The summed E-state index contributed by atoms with van der Waals surface area (Å²) in [5.41, 5.74) is 1.63. The summed E-state index contributed by atoms with van der Waals surface area (Å²) >= 11 is 0. The summed E-state index contributed by atoms with van der Waals surface area (Å²) in [5, 5.41) is 19.6. The Labute approximate surface area is 200 Å². The number of carbonyl (C=O) groups is 2. The predicted molar refractivity (Wildman–Crippen MR) is 123 cm³/mol. The number of pyridine rings is 1. The molecule has 184 valence electrons. The van der Waals surface area contributed by atoms with Gasteiger partial charge >= 0.3 is 12.3 Å². The zero-order chi connectivity index (χ0) is 25.6. The van der Waals surface area contributed by atoms with Crippen LogP contribution >= 0.6 is 0 Å². The highest BCUT2D eigenvalue weighted by molar-refractivity contribution is 5.92. The first kappa shape index (κ1) is 25.9. The maximum Gasteiger partial charge on any atom is 0.487 e. The zero-order valence-corrected chi connectivity index (χ0v) is 19.0. The van der Waals surface area contributed by atoms with Gasteiger partial charge in [0.05, 0.1) is 18.2 Å². The van der Waals surface area contributed by atoms with E-state index in [2.05, 4.69) is 4.98 Å². The molecule has 0 aliphatic rings. The molecule has 1 heterocycles. The number of rotatable bonds is 9. The van der Waals surface area contributed by atoms with Gasteiger partial charge in [-0.2, -0.15) is 0 Å². The van der Waals surface area contributed by atoms with E-state index in [-0.39, 0.29) is 10.5 Å². The normalized spacial score (nSPS) is 12.3. The standard InChI is InChI=1S/C26H25F3N2O4/c1-17-14-21(23(32)9-5-8-18-10-12-20(13-11-18)25(34)35)15-22(30-17)24(33)31(26(27,28)29)16-19-6-3-2-4-7-19/h2-4,6-7,10-15,23,32H,5,8-9,16H2,1H3,(H,34,35). The topological polar surface area (TPSA) is 90.7 Å². The number of carboxylic acids is 1. The lowest BCUT2D eigenvalue weighted by atomic mass is 10.00. The molecule has 0 spiro atoms. The monoisotopic (exact) mass is 486 g/mol. The average molecular weight is 486 g/mol. The predicted octanol–water partition coefficient (Wildman–Crippen LogP) is 5.31. The highest BCUT2D eigenvalue weighted by Crippen LogP contribution is 2.27. The second-order valence-electron chi connectivity index (χ2n) is 8.18. The first-order valence-electron chi connectivity index (χ1n) is 11.0. The second-order valence-corrected chi connectivity index (χ2v) is 8.18. The first-order valence-corrected chi connectivity index (χ1v) is 11.0. The number of halogens is 3. The number of amides is 1. The number of alkyl halides is 3. The van der Waals surface area contributed by atoms with Crippen molar-refractivity contribution in [2.24, 2.45) is 0 Å². The van der Waals surface area contributed by atoms with Gasteiger partial charge in [-0.15, -0.1) is 13.2 Å². The number of carboxylic acid groups (broad SMARTS) is 1. The summed E-state index contributed by atoms with van der Waals surface area (Å²) in [4.78, 5) is 27.6. The molecule has 0 saturated carbocycles. The summed E-state index contributed by atoms with van der Waals surface area (Å²) in [6.45, 7) is 0.892. The van der Waals surface area contributed by atoms with E-state index in [1.54, 1.807) is 37.3 Å². The number of aliphatic hydroxyl groups excluding tert-OH is 1. The fraction of sp³-hybridized carbons (Fsp3) is 0.269. The maximum absolute atomic E-state index is 13.7. The lowest BCUT2D eigenvalue weighted by Gasteiger charge is -2.25. The van der Waals surface area contributed by atoms with E-state index >= 15 is 0 Å². The van der Waals surface area contributed by atoms with Crippen molar-refractivity contribution in [1.29, 1.82) is 0 Å². The van der Waals surface area contributed by atoms with Crippen molar-refractivity contribution in [1.82, 2.24) is 9.88 Å². The van der Waals surface area contributed by atoms with Crippen LogP contribution in [0.4, 0.5) is 13.2 Å². The number of hydrogen-bond donors (Lipinski definition) is 2. The second kappa shape index (κ2) is 11.1. The van der Waals surface area contributed by atoms with Gasteiger partial charge in [0.25, 0.3) is 5.91 Å². The van der Waals surface area contributed by atoms with Gasteiger partial charge < -0.3 is 10.2 Å². The molecule has 0 fully saturated rings. The van der Waals surface area contributed by atoms with Gasteiger partial charge in [-0.3, -0.25) is 4.79 Å². The number of hydrogen-bond acceptors (Lipinski definition) is 4. The van der Waals surface area contributed by atoms with E-state index in [0.717, 1.165) is 5.56 Å². The highest BCUT2D eigenvalue weighted by atomic mass is 19.4. The van der Waals surface area contributed by atoms with E-state index in [4.69, 9.17) is 5.11 Å². The molecule has 0 aliphatic heterocycles. The molecule has 0 radical (unpaired) electrons. The SMILES string of the molecule is Cc1cc(C(O)CCCc2ccc(C(=O)O)cc2)cc(C(=O)N(Cc2ccccc2)C(F)(F)F)n1. The molecule has 3 aromatic rings. The molecule has 0 saturated heterocycles. The van der Waals surface area contributed by atoms with E-state index in [0.29, 0.717) is 36.1 Å². The Morgan fingerprint density at radius 3 is 2.26 bits per heavy atom. The molecular formula is C26H25F3N2O4. The third-order valence-electron chi connectivity index (χ3n) is 5.46. The zero-order valence-electron chi connectivity index (χ0n) is 19.0. The minimum atomic E-state index is -4.91. The van der Waals surface area contributed by atoms with Gasteiger partial charge in [0, 0.05) is 5.69 Å². The minimum Gasteiger partial charge on any atom is -0.478 e. The van der Waals surface area contributed by atoms with Gasteiger partial charge in [0.2, 0.25) is 0 Å². The summed E-state index contributed by atoms with van der Waals surface area (Å²) < 4.78 is 41.1. The number of nitrogens with zero attached hydrogens (tertiary/aromatic N) is 2. The van der Waals surface area contributed by atoms with Crippen LogP contribution in [0.5, 0.6) is 0 Å². The van der Waals surface area contributed by atoms with Gasteiger partial charge in [-0.05, 0) is 67.1 Å². The van der Waals surface area contributed by atoms with Gasteiger partial charge in [0.1, 0.15) is 5.69 Å². The first-order chi connectivity index (χ1) is 16.5. The summed E-state index contributed by atoms with van der Waals surface area (Å²) in [6.07, 6.45) is -4.50. The molecule has 1 aromatic heterocycles. The largest absolute Gasteiger partial charge is 0.487 e.